The van der Waals surface area contributed by atoms with Gasteiger partial charge in [-0.2, -0.15) is 12.6 Å². The van der Waals surface area contributed by atoms with Gasteiger partial charge in [-0.3, -0.25) is 24.0 Å². The Balaban J connectivity index is 0.00000308. The van der Waals surface area contributed by atoms with Gasteiger partial charge in [0.15, 0.2) is 11.6 Å². The average molecular weight is 745 g/mol. The SMILES string of the molecule is CC.CC(O)[C@@]1(O)C2c3cc(O)c4c(c3N[C@H]1C#C/C=C\C#CC2O)C(=O)c1ccc(NC(=O)CNC(=O)CCCNC(=O)C(S)CC=O)cc1C4=O. The van der Waals surface area contributed by atoms with E-state index in [0.29, 0.717) is 6.29 Å². The second-order valence-electron chi connectivity index (χ2n) is 12.1. The van der Waals surface area contributed by atoms with E-state index < -0.39 is 76.6 Å². The van der Waals surface area contributed by atoms with Crippen molar-refractivity contribution in [3.05, 3.63) is 64.2 Å². The minimum Gasteiger partial charge on any atom is -0.507 e. The quantitative estimate of drug-likeness (QED) is 0.0441. The van der Waals surface area contributed by atoms with Crippen molar-refractivity contribution in [2.45, 2.75) is 75.1 Å². The van der Waals surface area contributed by atoms with E-state index in [1.807, 2.05) is 13.8 Å². The number of benzene rings is 2. The Morgan fingerprint density at radius 2 is 1.70 bits per heavy atom. The van der Waals surface area contributed by atoms with Crippen LogP contribution in [0.5, 0.6) is 5.75 Å². The van der Waals surface area contributed by atoms with Crippen LogP contribution in [0.15, 0.2) is 36.4 Å². The lowest BCUT2D eigenvalue weighted by Crippen LogP contribution is -2.62. The molecule has 0 saturated carbocycles. The molecule has 14 nitrogen and oxygen atoms in total. The molecule has 15 heteroatoms. The molecule has 53 heavy (non-hydrogen) atoms. The number of thiol groups is 1. The minimum absolute atomic E-state index is 0.00515. The number of allylic oxidation sites excluding steroid dienone is 2. The van der Waals surface area contributed by atoms with Crippen molar-refractivity contribution >= 4 is 59.6 Å². The summed E-state index contributed by atoms with van der Waals surface area (Å²) in [4.78, 5) is 75.0. The molecule has 0 radical (unpaired) electrons. The smallest absolute Gasteiger partial charge is 0.243 e. The van der Waals surface area contributed by atoms with Crippen molar-refractivity contribution in [3.63, 3.8) is 0 Å². The zero-order chi connectivity index (χ0) is 39.0. The summed E-state index contributed by atoms with van der Waals surface area (Å²) in [6, 6.07) is 3.88. The Morgan fingerprint density at radius 1 is 1.02 bits per heavy atom. The standard InChI is InChI=1S/C36H34N4O10S.C2H6/c1-18(42)36(50)26-8-5-3-2-4-7-23(43)31(36)22-16-24(44)29-30(32(22)40-26)33(47)20-11-10-19(15-21(20)34(29)48)39-28(46)17-38-27(45)9-6-13-37-35(49)25(51)12-14-41;1-2/h2-3,10-11,14-16,18,23,25-26,31,40,42-44,50-51H,6,9,12-13,17H2,1H3,(H,37,49)(H,38,45)(H,39,46);1-2H3/b3-2-;/t18?,23?,25?,26-,31?,36-;/m0./s1. The number of ketones is 2. The molecule has 0 saturated heterocycles. The predicted octanol–water partition coefficient (Wildman–Crippen LogP) is 0.959. The van der Waals surface area contributed by atoms with Crippen LogP contribution in [0.4, 0.5) is 11.4 Å². The Bertz CT molecular complexity index is 1990. The normalized spacial score (nSPS) is 22.0. The Labute approximate surface area is 311 Å². The van der Waals surface area contributed by atoms with E-state index in [1.54, 1.807) is 0 Å². The predicted molar refractivity (Wildman–Crippen MR) is 198 cm³/mol. The second kappa shape index (κ2) is 17.4. The molecule has 4 unspecified atom stereocenters. The van der Waals surface area contributed by atoms with Crippen LogP contribution in [0.3, 0.4) is 0 Å². The summed E-state index contributed by atoms with van der Waals surface area (Å²) < 4.78 is 0. The van der Waals surface area contributed by atoms with Crippen molar-refractivity contribution < 1.29 is 49.2 Å². The Morgan fingerprint density at radius 3 is 2.38 bits per heavy atom. The number of amides is 3. The van der Waals surface area contributed by atoms with Gasteiger partial charge >= 0.3 is 0 Å². The van der Waals surface area contributed by atoms with Crippen LogP contribution < -0.4 is 21.3 Å². The highest BCUT2D eigenvalue weighted by Crippen LogP contribution is 2.50. The topological polar surface area (TPSA) is 231 Å². The molecule has 3 amide bonds. The first-order valence-corrected chi connectivity index (χ1v) is 17.4. The number of hydrogen-bond acceptors (Lipinski definition) is 12. The molecule has 6 atom stereocenters. The maximum atomic E-state index is 14.0. The first-order valence-electron chi connectivity index (χ1n) is 16.9. The molecule has 0 spiro atoms. The van der Waals surface area contributed by atoms with Crippen molar-refractivity contribution in [1.29, 1.82) is 0 Å². The van der Waals surface area contributed by atoms with Crippen LogP contribution in [0.2, 0.25) is 0 Å². The highest BCUT2D eigenvalue weighted by molar-refractivity contribution is 7.81. The van der Waals surface area contributed by atoms with E-state index >= 15 is 0 Å². The van der Waals surface area contributed by atoms with Crippen LogP contribution in [-0.4, -0.2) is 98.2 Å². The Hall–Kier alpha value is -5.45. The van der Waals surface area contributed by atoms with Crippen molar-refractivity contribution in [3.8, 4) is 29.4 Å². The number of aliphatic hydroxyl groups is 3. The van der Waals surface area contributed by atoms with Gasteiger partial charge in [0, 0.05) is 36.2 Å². The monoisotopic (exact) mass is 744 g/mol. The number of rotatable bonds is 11. The number of phenols is 1. The van der Waals surface area contributed by atoms with E-state index in [-0.39, 0.29) is 65.0 Å². The van der Waals surface area contributed by atoms with Gasteiger partial charge in [0.1, 0.15) is 29.8 Å². The van der Waals surface area contributed by atoms with Gasteiger partial charge in [-0.25, -0.2) is 0 Å². The second-order valence-corrected chi connectivity index (χ2v) is 12.8. The maximum Gasteiger partial charge on any atom is 0.243 e. The molecule has 2 aromatic rings. The van der Waals surface area contributed by atoms with Crippen LogP contribution in [-0.2, 0) is 19.2 Å². The van der Waals surface area contributed by atoms with Crippen molar-refractivity contribution in [2.24, 2.45) is 0 Å². The number of aromatic hydroxyl groups is 1. The number of aliphatic hydroxyl groups excluding tert-OH is 2. The van der Waals surface area contributed by atoms with E-state index in [0.717, 1.165) is 6.07 Å². The summed E-state index contributed by atoms with van der Waals surface area (Å²) in [5, 5.41) is 54.7. The van der Waals surface area contributed by atoms with Gasteiger partial charge in [0.25, 0.3) is 0 Å². The molecule has 2 bridgehead atoms. The molecule has 1 heterocycles. The highest BCUT2D eigenvalue weighted by Gasteiger charge is 2.56. The Kier molecular flexibility index (Phi) is 13.2. The highest BCUT2D eigenvalue weighted by atomic mass is 32.1. The fraction of sp³-hybridized carbons (Fsp3) is 0.368. The zero-order valence-corrected chi connectivity index (χ0v) is 30.0. The maximum absolute atomic E-state index is 14.0. The summed E-state index contributed by atoms with van der Waals surface area (Å²) in [5.41, 5.74) is -2.66. The number of carbonyl (C=O) groups is 6. The minimum atomic E-state index is -2.14. The molecular formula is C38H40N4O10S. The molecule has 0 aromatic heterocycles. The lowest BCUT2D eigenvalue weighted by atomic mass is 9.66. The van der Waals surface area contributed by atoms with Crippen molar-refractivity contribution in [1.82, 2.24) is 10.6 Å². The number of fused-ring (bicyclic) bond motifs is 7. The fourth-order valence-corrected chi connectivity index (χ4v) is 6.45. The third-order valence-corrected chi connectivity index (χ3v) is 9.26. The number of aldehydes is 1. The summed E-state index contributed by atoms with van der Waals surface area (Å²) >= 11 is 4.00. The molecule has 5 rings (SSSR count). The molecule has 278 valence electrons. The third kappa shape index (κ3) is 8.29. The molecule has 3 aliphatic rings. The number of hydrogen-bond donors (Lipinski definition) is 9. The van der Waals surface area contributed by atoms with Gasteiger partial charge in [-0.15, -0.1) is 0 Å². The van der Waals surface area contributed by atoms with E-state index in [1.165, 1.54) is 37.3 Å². The van der Waals surface area contributed by atoms with Crippen LogP contribution in [0, 0.1) is 23.7 Å². The lowest BCUT2D eigenvalue weighted by Gasteiger charge is -2.48. The van der Waals surface area contributed by atoms with Gasteiger partial charge in [-0.05, 0) is 55.3 Å². The summed E-state index contributed by atoms with van der Waals surface area (Å²) in [6.45, 7) is 5.07. The third-order valence-electron chi connectivity index (χ3n) is 8.81. The fourth-order valence-electron chi connectivity index (χ4n) is 6.27. The van der Waals surface area contributed by atoms with Crippen molar-refractivity contribution in [2.75, 3.05) is 23.7 Å². The van der Waals surface area contributed by atoms with Crippen LogP contribution in [0.25, 0.3) is 0 Å². The molecule has 0 fully saturated rings. The van der Waals surface area contributed by atoms with Crippen LogP contribution in [0.1, 0.15) is 83.4 Å². The zero-order valence-electron chi connectivity index (χ0n) is 29.1. The lowest BCUT2D eigenvalue weighted by molar-refractivity contribution is -0.124. The summed E-state index contributed by atoms with van der Waals surface area (Å²) in [7, 11) is 0. The van der Waals surface area contributed by atoms with Gasteiger partial charge in [0.2, 0.25) is 17.7 Å². The van der Waals surface area contributed by atoms with E-state index in [9.17, 15) is 49.2 Å². The van der Waals surface area contributed by atoms with E-state index in [4.69, 9.17) is 0 Å². The molecular weight excluding hydrogens is 705 g/mol. The molecule has 8 N–H and O–H groups in total. The largest absolute Gasteiger partial charge is 0.507 e. The first kappa shape index (κ1) is 40.3. The summed E-state index contributed by atoms with van der Waals surface area (Å²) in [5.74, 6) is 5.80. The van der Waals surface area contributed by atoms with Gasteiger partial charge < -0.3 is 46.5 Å². The number of phenolic OH excluding ortho intramolecular Hbond substituents is 1. The van der Waals surface area contributed by atoms with Crippen LogP contribution >= 0.6 is 12.6 Å². The molecule has 2 aliphatic carbocycles. The van der Waals surface area contributed by atoms with Gasteiger partial charge in [-0.1, -0.05) is 37.5 Å². The molecule has 2 aromatic carbocycles. The summed E-state index contributed by atoms with van der Waals surface area (Å²) in [6.07, 6.45) is 0.567. The van der Waals surface area contributed by atoms with Gasteiger partial charge in [0.05, 0.1) is 40.6 Å². The average Bonchev–Trinajstić information content (AvgIpc) is 3.13. The number of anilines is 2. The van der Waals surface area contributed by atoms with E-state index in [2.05, 4.69) is 57.6 Å². The molecule has 1 aliphatic heterocycles. The number of carbonyl (C=O) groups excluding carboxylic acids is 6. The first-order chi connectivity index (χ1) is 25.3. The number of nitrogens with one attached hydrogen (secondary N) is 4.